The van der Waals surface area contributed by atoms with Gasteiger partial charge in [0, 0.05) is 37.9 Å². The topological polar surface area (TPSA) is 71.1 Å². The first-order chi connectivity index (χ1) is 16.5. The normalized spacial score (nSPS) is 13.4. The summed E-state index contributed by atoms with van der Waals surface area (Å²) in [5.41, 5.74) is 2.10. The van der Waals surface area contributed by atoms with Gasteiger partial charge in [-0.1, -0.05) is 41.9 Å². The molecule has 0 radical (unpaired) electrons. The summed E-state index contributed by atoms with van der Waals surface area (Å²) in [6, 6.07) is 20.1. The first kappa shape index (κ1) is 23.4. The Bertz CT molecular complexity index is 1180. The summed E-state index contributed by atoms with van der Waals surface area (Å²) >= 11 is 6.19. The SMILES string of the molecule is COc1cc(NC(=O)c2ccccc2Cl)c(C(=O)N2CCN(c3ccccc3)CC2)cc1OC. The maximum Gasteiger partial charge on any atom is 0.257 e. The molecule has 0 aromatic heterocycles. The van der Waals surface area contributed by atoms with Gasteiger partial charge in [0.1, 0.15) is 0 Å². The Morgan fingerprint density at radius 3 is 2.09 bits per heavy atom. The van der Waals surface area contributed by atoms with E-state index in [9.17, 15) is 9.59 Å². The monoisotopic (exact) mass is 479 g/mol. The number of nitrogens with zero attached hydrogens (tertiary/aromatic N) is 2. The lowest BCUT2D eigenvalue weighted by Crippen LogP contribution is -2.49. The van der Waals surface area contributed by atoms with Crippen molar-refractivity contribution in [3.8, 4) is 11.5 Å². The minimum atomic E-state index is -0.416. The van der Waals surface area contributed by atoms with Gasteiger partial charge in [-0.15, -0.1) is 0 Å². The van der Waals surface area contributed by atoms with Crippen molar-refractivity contribution in [1.29, 1.82) is 0 Å². The van der Waals surface area contributed by atoms with Crippen LogP contribution < -0.4 is 19.7 Å². The molecule has 0 spiro atoms. The van der Waals surface area contributed by atoms with E-state index in [1.165, 1.54) is 14.2 Å². The Labute approximate surface area is 203 Å². The predicted molar refractivity (Wildman–Crippen MR) is 134 cm³/mol. The van der Waals surface area contributed by atoms with Crippen LogP contribution in [0.1, 0.15) is 20.7 Å². The van der Waals surface area contributed by atoms with Crippen LogP contribution in [-0.2, 0) is 0 Å². The minimum absolute atomic E-state index is 0.192. The average Bonchev–Trinajstić information content (AvgIpc) is 2.88. The second kappa shape index (κ2) is 10.5. The van der Waals surface area contributed by atoms with E-state index in [0.717, 1.165) is 5.69 Å². The lowest BCUT2D eigenvalue weighted by Gasteiger charge is -2.36. The van der Waals surface area contributed by atoms with Crippen molar-refractivity contribution in [2.24, 2.45) is 0 Å². The van der Waals surface area contributed by atoms with E-state index in [1.807, 2.05) is 18.2 Å². The van der Waals surface area contributed by atoms with Gasteiger partial charge in [-0.3, -0.25) is 9.59 Å². The third kappa shape index (κ3) is 4.94. The van der Waals surface area contributed by atoms with Crippen LogP contribution in [0.15, 0.2) is 66.7 Å². The summed E-state index contributed by atoms with van der Waals surface area (Å²) in [4.78, 5) is 30.5. The number of carbonyl (C=O) groups excluding carboxylic acids is 2. The van der Waals surface area contributed by atoms with Crippen molar-refractivity contribution in [2.75, 3.05) is 50.6 Å². The fraction of sp³-hybridized carbons (Fsp3) is 0.231. The van der Waals surface area contributed by atoms with Crippen molar-refractivity contribution in [3.05, 3.63) is 82.9 Å². The summed E-state index contributed by atoms with van der Waals surface area (Å²) in [5.74, 6) is 0.204. The Morgan fingerprint density at radius 1 is 0.824 bits per heavy atom. The summed E-state index contributed by atoms with van der Waals surface area (Å²) in [6.07, 6.45) is 0. The molecule has 0 atom stereocenters. The number of piperazine rings is 1. The van der Waals surface area contributed by atoms with E-state index in [2.05, 4.69) is 22.3 Å². The standard InChI is InChI=1S/C26H26ClN3O4/c1-33-23-16-20(26(32)30-14-12-29(13-15-30)18-8-4-3-5-9-18)22(17-24(23)34-2)28-25(31)19-10-6-7-11-21(19)27/h3-11,16-17H,12-15H2,1-2H3,(H,28,31). The summed E-state index contributed by atoms with van der Waals surface area (Å²) in [6.45, 7) is 2.54. The second-order valence-electron chi connectivity index (χ2n) is 7.80. The molecule has 0 bridgehead atoms. The van der Waals surface area contributed by atoms with Gasteiger partial charge in [0.05, 0.1) is 36.1 Å². The number of carbonyl (C=O) groups is 2. The molecule has 0 aliphatic carbocycles. The van der Waals surface area contributed by atoms with Crippen LogP contribution in [0, 0.1) is 0 Å². The lowest BCUT2D eigenvalue weighted by atomic mass is 10.1. The van der Waals surface area contributed by atoms with Crippen LogP contribution >= 0.6 is 11.6 Å². The lowest BCUT2D eigenvalue weighted by molar-refractivity contribution is 0.0747. The number of para-hydroxylation sites is 1. The quantitative estimate of drug-likeness (QED) is 0.560. The Hall–Kier alpha value is -3.71. The molecule has 4 rings (SSSR count). The van der Waals surface area contributed by atoms with Gasteiger partial charge < -0.3 is 24.6 Å². The predicted octanol–water partition coefficient (Wildman–Crippen LogP) is 4.57. The second-order valence-corrected chi connectivity index (χ2v) is 8.21. The molecule has 3 aromatic carbocycles. The van der Waals surface area contributed by atoms with Gasteiger partial charge in [0.2, 0.25) is 0 Å². The molecule has 1 heterocycles. The molecule has 2 amide bonds. The Balaban J connectivity index is 1.59. The highest BCUT2D eigenvalue weighted by Crippen LogP contribution is 2.35. The third-order valence-electron chi connectivity index (χ3n) is 5.81. The maximum absolute atomic E-state index is 13.6. The molecule has 7 nitrogen and oxygen atoms in total. The molecular weight excluding hydrogens is 454 g/mol. The number of rotatable bonds is 6. The van der Waals surface area contributed by atoms with E-state index < -0.39 is 5.91 Å². The molecule has 3 aromatic rings. The van der Waals surface area contributed by atoms with Crippen molar-refractivity contribution >= 4 is 34.8 Å². The van der Waals surface area contributed by atoms with Crippen molar-refractivity contribution in [1.82, 2.24) is 4.90 Å². The molecule has 176 valence electrons. The average molecular weight is 480 g/mol. The number of hydrogen-bond acceptors (Lipinski definition) is 5. The van der Waals surface area contributed by atoms with Gasteiger partial charge in [0.15, 0.2) is 11.5 Å². The zero-order chi connectivity index (χ0) is 24.1. The molecule has 1 N–H and O–H groups in total. The van der Waals surface area contributed by atoms with Crippen LogP contribution in [-0.4, -0.2) is 57.1 Å². The van der Waals surface area contributed by atoms with Crippen LogP contribution in [0.3, 0.4) is 0 Å². The van der Waals surface area contributed by atoms with E-state index in [0.29, 0.717) is 59.5 Å². The molecule has 34 heavy (non-hydrogen) atoms. The highest BCUT2D eigenvalue weighted by atomic mass is 35.5. The van der Waals surface area contributed by atoms with Crippen molar-refractivity contribution < 1.29 is 19.1 Å². The fourth-order valence-electron chi connectivity index (χ4n) is 3.97. The van der Waals surface area contributed by atoms with Crippen molar-refractivity contribution in [3.63, 3.8) is 0 Å². The minimum Gasteiger partial charge on any atom is -0.493 e. The number of methoxy groups -OCH3 is 2. The van der Waals surface area contributed by atoms with E-state index in [4.69, 9.17) is 21.1 Å². The fourth-order valence-corrected chi connectivity index (χ4v) is 4.19. The molecule has 8 heteroatoms. The molecule has 1 aliphatic heterocycles. The Kier molecular flexibility index (Phi) is 7.23. The molecule has 0 saturated carbocycles. The molecular formula is C26H26ClN3O4. The van der Waals surface area contributed by atoms with Crippen LogP contribution in [0.5, 0.6) is 11.5 Å². The summed E-state index contributed by atoms with van der Waals surface area (Å²) in [5, 5.41) is 3.16. The number of hydrogen-bond donors (Lipinski definition) is 1. The molecule has 0 unspecified atom stereocenters. The van der Waals surface area contributed by atoms with Crippen molar-refractivity contribution in [2.45, 2.75) is 0 Å². The van der Waals surface area contributed by atoms with Crippen LogP contribution in [0.2, 0.25) is 5.02 Å². The first-order valence-corrected chi connectivity index (χ1v) is 11.3. The molecule has 1 saturated heterocycles. The number of nitrogens with one attached hydrogen (secondary N) is 1. The summed E-state index contributed by atoms with van der Waals surface area (Å²) in [7, 11) is 3.01. The first-order valence-electron chi connectivity index (χ1n) is 10.9. The number of anilines is 2. The number of halogens is 1. The number of benzene rings is 3. The van der Waals surface area contributed by atoms with Gasteiger partial charge in [-0.25, -0.2) is 0 Å². The zero-order valence-electron chi connectivity index (χ0n) is 19.1. The smallest absolute Gasteiger partial charge is 0.257 e. The highest BCUT2D eigenvalue weighted by molar-refractivity contribution is 6.34. The van der Waals surface area contributed by atoms with Gasteiger partial charge in [-0.2, -0.15) is 0 Å². The third-order valence-corrected chi connectivity index (χ3v) is 6.14. The highest BCUT2D eigenvalue weighted by Gasteiger charge is 2.26. The molecule has 1 aliphatic rings. The van der Waals surface area contributed by atoms with Crippen LogP contribution in [0.4, 0.5) is 11.4 Å². The molecule has 1 fully saturated rings. The maximum atomic E-state index is 13.6. The van der Waals surface area contributed by atoms with E-state index in [-0.39, 0.29) is 5.91 Å². The number of ether oxygens (including phenoxy) is 2. The summed E-state index contributed by atoms with van der Waals surface area (Å²) < 4.78 is 10.8. The number of amides is 2. The van der Waals surface area contributed by atoms with E-state index in [1.54, 1.807) is 41.3 Å². The van der Waals surface area contributed by atoms with Crippen LogP contribution in [0.25, 0.3) is 0 Å². The zero-order valence-corrected chi connectivity index (χ0v) is 19.8. The van der Waals surface area contributed by atoms with Gasteiger partial charge in [-0.05, 0) is 30.3 Å². The van der Waals surface area contributed by atoms with E-state index >= 15 is 0 Å². The Morgan fingerprint density at radius 2 is 1.44 bits per heavy atom. The van der Waals surface area contributed by atoms with Gasteiger partial charge >= 0.3 is 0 Å². The largest absolute Gasteiger partial charge is 0.493 e. The van der Waals surface area contributed by atoms with Gasteiger partial charge in [0.25, 0.3) is 11.8 Å².